The van der Waals surface area contributed by atoms with Crippen LogP contribution in [0.4, 0.5) is 22.0 Å². The fourth-order valence-corrected chi connectivity index (χ4v) is 3.86. The van der Waals surface area contributed by atoms with Gasteiger partial charge in [0, 0.05) is 12.0 Å². The molecule has 1 aliphatic carbocycles. The lowest BCUT2D eigenvalue weighted by Gasteiger charge is -2.23. The predicted molar refractivity (Wildman–Crippen MR) is 166 cm³/mol. The van der Waals surface area contributed by atoms with Gasteiger partial charge in [0.05, 0.1) is 54.1 Å². The first-order chi connectivity index (χ1) is 21.6. The summed E-state index contributed by atoms with van der Waals surface area (Å²) in [6.45, 7) is 4.70. The highest BCUT2D eigenvalue weighted by molar-refractivity contribution is 6.60. The molecule has 0 atom stereocenters. The van der Waals surface area contributed by atoms with Crippen LogP contribution in [0.3, 0.4) is 0 Å². The average molecular weight is 625 g/mol. The molecule has 1 aliphatic rings. The Bertz CT molecular complexity index is 1620. The SMILES string of the molecule is [B]C([B])([B])NC(=O)c1nnc(NC(=O)C2CC2)cc1Nc1cccc(-c2nc(CNC(=O)CNC(=O)OC(C)(C)C)no2)c1OC. The van der Waals surface area contributed by atoms with E-state index in [9.17, 15) is 19.2 Å². The molecule has 2 aromatic heterocycles. The van der Waals surface area contributed by atoms with Crippen molar-refractivity contribution in [1.29, 1.82) is 0 Å². The van der Waals surface area contributed by atoms with E-state index in [0.717, 1.165) is 12.8 Å². The van der Waals surface area contributed by atoms with Crippen LogP contribution < -0.4 is 31.3 Å². The summed E-state index contributed by atoms with van der Waals surface area (Å²) in [4.78, 5) is 53.5. The van der Waals surface area contributed by atoms with E-state index in [2.05, 4.69) is 46.9 Å². The van der Waals surface area contributed by atoms with Crippen molar-refractivity contribution in [3.8, 4) is 17.2 Å². The number of alkyl carbamates (subject to hydrolysis) is 1. The fourth-order valence-electron chi connectivity index (χ4n) is 3.86. The number of ether oxygens (including phenoxy) is 2. The van der Waals surface area contributed by atoms with Gasteiger partial charge in [-0.1, -0.05) is 16.5 Å². The molecule has 1 saturated carbocycles. The number of aromatic nitrogens is 4. The lowest BCUT2D eigenvalue weighted by molar-refractivity contribution is -0.120. The van der Waals surface area contributed by atoms with Gasteiger partial charge in [-0.25, -0.2) is 4.79 Å². The second-order valence-electron chi connectivity index (χ2n) is 11.3. The first-order valence-corrected chi connectivity index (χ1v) is 14.0. The number of methoxy groups -OCH3 is 1. The van der Waals surface area contributed by atoms with Gasteiger partial charge in [0.15, 0.2) is 23.1 Å². The smallest absolute Gasteiger partial charge is 0.408 e. The van der Waals surface area contributed by atoms with Crippen LogP contribution in [0.1, 0.15) is 49.9 Å². The summed E-state index contributed by atoms with van der Waals surface area (Å²) in [7, 11) is 18.0. The number of amides is 4. The number of benzene rings is 1. The van der Waals surface area contributed by atoms with Crippen molar-refractivity contribution < 1.29 is 33.2 Å². The van der Waals surface area contributed by atoms with Crippen molar-refractivity contribution in [1.82, 2.24) is 36.3 Å². The number of rotatable bonds is 12. The van der Waals surface area contributed by atoms with E-state index in [-0.39, 0.29) is 59.6 Å². The van der Waals surface area contributed by atoms with Crippen molar-refractivity contribution >= 4 is 64.5 Å². The fraction of sp³-hybridized carbons (Fsp3) is 0.407. The Labute approximate surface area is 268 Å². The van der Waals surface area contributed by atoms with Crippen LogP contribution in [0.2, 0.25) is 0 Å². The van der Waals surface area contributed by atoms with E-state index in [1.54, 1.807) is 39.0 Å². The third kappa shape index (κ3) is 9.71. The van der Waals surface area contributed by atoms with Crippen molar-refractivity contribution in [2.75, 3.05) is 24.3 Å². The highest BCUT2D eigenvalue weighted by atomic mass is 16.6. The van der Waals surface area contributed by atoms with Crippen LogP contribution in [0.15, 0.2) is 28.8 Å². The van der Waals surface area contributed by atoms with Crippen LogP contribution in [-0.2, 0) is 20.9 Å². The molecule has 5 N–H and O–H groups in total. The Hall–Kier alpha value is -5.09. The van der Waals surface area contributed by atoms with Crippen molar-refractivity contribution in [3.05, 3.63) is 35.8 Å². The molecule has 6 radical (unpaired) electrons. The van der Waals surface area contributed by atoms with Gasteiger partial charge < -0.3 is 40.6 Å². The zero-order chi connectivity index (χ0) is 33.6. The van der Waals surface area contributed by atoms with E-state index in [0.29, 0.717) is 11.3 Å². The number of carbonyl (C=O) groups is 4. The van der Waals surface area contributed by atoms with Gasteiger partial charge in [-0.3, -0.25) is 14.4 Å². The first-order valence-electron chi connectivity index (χ1n) is 14.0. The Morgan fingerprint density at radius 1 is 1.04 bits per heavy atom. The minimum absolute atomic E-state index is 0.0546. The topological polar surface area (TPSA) is 212 Å². The molecule has 0 unspecified atom stereocenters. The molecule has 19 heteroatoms. The molecule has 0 spiro atoms. The maximum absolute atomic E-state index is 12.9. The monoisotopic (exact) mass is 625 g/mol. The van der Waals surface area contributed by atoms with Gasteiger partial charge in [-0.05, 0) is 45.7 Å². The molecule has 2 heterocycles. The Kier molecular flexibility index (Phi) is 10.2. The first kappa shape index (κ1) is 33.8. The molecule has 3 aromatic rings. The molecule has 0 bridgehead atoms. The minimum atomic E-state index is -2.05. The molecule has 4 amide bonds. The largest absolute Gasteiger partial charge is 0.494 e. The molecule has 0 saturated heterocycles. The molecule has 4 rings (SSSR count). The van der Waals surface area contributed by atoms with E-state index in [1.807, 2.05) is 0 Å². The zero-order valence-corrected chi connectivity index (χ0v) is 25.6. The quantitative estimate of drug-likeness (QED) is 0.175. The van der Waals surface area contributed by atoms with Gasteiger partial charge in [-0.2, -0.15) is 4.98 Å². The Balaban J connectivity index is 1.51. The van der Waals surface area contributed by atoms with Crippen molar-refractivity contribution in [2.24, 2.45) is 5.92 Å². The summed E-state index contributed by atoms with van der Waals surface area (Å²) in [5, 5.41) is 22.6. The summed E-state index contributed by atoms with van der Waals surface area (Å²) in [5.41, 5.74) is -0.136. The molecule has 0 aliphatic heterocycles. The number of anilines is 3. The summed E-state index contributed by atoms with van der Waals surface area (Å²) in [5.74, 6) is -1.15. The maximum Gasteiger partial charge on any atom is 0.408 e. The summed E-state index contributed by atoms with van der Waals surface area (Å²) in [6.07, 6.45) is 0.816. The van der Waals surface area contributed by atoms with Gasteiger partial charge in [-0.15, -0.1) is 10.2 Å². The number of hydrogen-bond acceptors (Lipinski definition) is 12. The predicted octanol–water partition coefficient (Wildman–Crippen LogP) is 0.615. The molecule has 46 heavy (non-hydrogen) atoms. The standard InChI is InChI=1S/C27H30B3N9O7/c1-26(2,3)45-25(43)32-12-19(40)31-11-18-35-24(46-39-18)14-6-5-7-15(21(14)44-4)33-16-10-17(34-22(41)13-8-9-13)37-38-20(16)23(42)36-27(28,29)30/h5-7,10,13H,8-9,11-12H2,1-4H3,(H,31,40)(H,32,43)(H,36,42)(H2,33,34,37,41). The van der Waals surface area contributed by atoms with Crippen LogP contribution in [0, 0.1) is 5.92 Å². The van der Waals surface area contributed by atoms with Crippen molar-refractivity contribution in [3.63, 3.8) is 0 Å². The van der Waals surface area contributed by atoms with E-state index >= 15 is 0 Å². The van der Waals surface area contributed by atoms with E-state index in [1.165, 1.54) is 13.2 Å². The summed E-state index contributed by atoms with van der Waals surface area (Å²) in [6, 6.07) is 6.35. The third-order valence-electron chi connectivity index (χ3n) is 5.96. The summed E-state index contributed by atoms with van der Waals surface area (Å²) >= 11 is 0. The van der Waals surface area contributed by atoms with Gasteiger partial charge in [0.1, 0.15) is 12.1 Å². The second-order valence-corrected chi connectivity index (χ2v) is 11.3. The minimum Gasteiger partial charge on any atom is -0.494 e. The molecule has 234 valence electrons. The van der Waals surface area contributed by atoms with Crippen LogP contribution in [-0.4, -0.2) is 92.2 Å². The van der Waals surface area contributed by atoms with Crippen LogP contribution in [0.5, 0.6) is 5.75 Å². The molecule has 1 fully saturated rings. The van der Waals surface area contributed by atoms with Gasteiger partial charge >= 0.3 is 6.09 Å². The van der Waals surface area contributed by atoms with E-state index in [4.69, 9.17) is 37.5 Å². The number of nitrogens with zero attached hydrogens (tertiary/aromatic N) is 4. The zero-order valence-electron chi connectivity index (χ0n) is 25.6. The van der Waals surface area contributed by atoms with Crippen molar-refractivity contribution in [2.45, 2.75) is 51.0 Å². The Morgan fingerprint density at radius 3 is 2.43 bits per heavy atom. The van der Waals surface area contributed by atoms with Crippen LogP contribution >= 0.6 is 0 Å². The lowest BCUT2D eigenvalue weighted by Crippen LogP contribution is -2.50. The van der Waals surface area contributed by atoms with Gasteiger partial charge in [0.25, 0.3) is 11.8 Å². The van der Waals surface area contributed by atoms with Gasteiger partial charge in [0.2, 0.25) is 11.8 Å². The highest BCUT2D eigenvalue weighted by Crippen LogP contribution is 2.38. The normalized spacial score (nSPS) is 12.9. The maximum atomic E-state index is 12.9. The summed E-state index contributed by atoms with van der Waals surface area (Å²) < 4.78 is 16.1. The lowest BCUT2D eigenvalue weighted by atomic mass is 9.49. The molecular formula is C27H30B3N9O7. The molecule has 1 aromatic carbocycles. The number of nitrogens with one attached hydrogen (secondary N) is 5. The Morgan fingerprint density at radius 2 is 1.78 bits per heavy atom. The number of para-hydroxylation sites is 1. The average Bonchev–Trinajstić information content (AvgIpc) is 3.71. The highest BCUT2D eigenvalue weighted by Gasteiger charge is 2.30. The van der Waals surface area contributed by atoms with Crippen LogP contribution in [0.25, 0.3) is 11.5 Å². The molecular weight excluding hydrogens is 595 g/mol. The number of carbonyl (C=O) groups excluding carboxylic acids is 4. The van der Waals surface area contributed by atoms with E-state index < -0.39 is 28.7 Å². The molecule has 16 nitrogen and oxygen atoms in total. The second kappa shape index (κ2) is 13.9. The third-order valence-corrected chi connectivity index (χ3v) is 5.96. The number of hydrogen-bond donors (Lipinski definition) is 5.